The molecule has 4 rings (SSSR count). The second kappa shape index (κ2) is 7.98. The van der Waals surface area contributed by atoms with Gasteiger partial charge < -0.3 is 13.6 Å². The first-order chi connectivity index (χ1) is 13.2. The average molecular weight is 399 g/mol. The summed E-state index contributed by atoms with van der Waals surface area (Å²) in [5, 5.41) is 11.7. The number of methoxy groups -OCH3 is 1. The molecule has 0 aliphatic rings. The van der Waals surface area contributed by atoms with Gasteiger partial charge in [-0.05, 0) is 36.8 Å². The standard InChI is InChI=1S/C19H17N3O3S2/c1-12-3-8-16(24-12)18-20-14(10-26-18)11-27-19-22-21-17(25-19)9-13-4-6-15(23-2)7-5-13/h3-8,10H,9,11H2,1-2H3. The number of rotatable bonds is 7. The monoisotopic (exact) mass is 399 g/mol. The third-order valence-corrected chi connectivity index (χ3v) is 5.57. The predicted octanol–water partition coefficient (Wildman–Crippen LogP) is 4.99. The molecular formula is C19H17N3O3S2. The molecular weight excluding hydrogens is 382 g/mol. The number of thiazole rings is 1. The predicted molar refractivity (Wildman–Crippen MR) is 104 cm³/mol. The summed E-state index contributed by atoms with van der Waals surface area (Å²) in [6.45, 7) is 1.92. The second-order valence-corrected chi connectivity index (χ2v) is 7.61. The summed E-state index contributed by atoms with van der Waals surface area (Å²) in [5.74, 6) is 3.76. The highest BCUT2D eigenvalue weighted by molar-refractivity contribution is 7.98. The van der Waals surface area contributed by atoms with Gasteiger partial charge in [0.1, 0.15) is 11.5 Å². The van der Waals surface area contributed by atoms with Crippen LogP contribution in [0.3, 0.4) is 0 Å². The Morgan fingerprint density at radius 3 is 2.67 bits per heavy atom. The van der Waals surface area contributed by atoms with Gasteiger partial charge in [-0.25, -0.2) is 4.98 Å². The van der Waals surface area contributed by atoms with Crippen LogP contribution in [0.25, 0.3) is 10.8 Å². The van der Waals surface area contributed by atoms with Gasteiger partial charge in [0, 0.05) is 11.1 Å². The Bertz CT molecular complexity index is 1020. The van der Waals surface area contributed by atoms with Crippen LogP contribution in [0, 0.1) is 6.92 Å². The molecule has 0 amide bonds. The summed E-state index contributed by atoms with van der Waals surface area (Å²) >= 11 is 3.04. The van der Waals surface area contributed by atoms with E-state index in [0.29, 0.717) is 23.3 Å². The molecule has 0 radical (unpaired) electrons. The maximum Gasteiger partial charge on any atom is 0.276 e. The molecule has 0 saturated heterocycles. The summed E-state index contributed by atoms with van der Waals surface area (Å²) in [6, 6.07) is 11.7. The van der Waals surface area contributed by atoms with Crippen LogP contribution in [0.5, 0.6) is 5.75 Å². The van der Waals surface area contributed by atoms with E-state index < -0.39 is 0 Å². The van der Waals surface area contributed by atoms with Crippen molar-refractivity contribution in [3.05, 3.63) is 64.7 Å². The SMILES string of the molecule is COc1ccc(Cc2nnc(SCc3csc(-c4ccc(C)o4)n3)o2)cc1. The molecule has 0 fully saturated rings. The molecule has 0 saturated carbocycles. The molecule has 6 nitrogen and oxygen atoms in total. The van der Waals surface area contributed by atoms with Crippen molar-refractivity contribution in [2.45, 2.75) is 24.3 Å². The molecule has 0 unspecified atom stereocenters. The van der Waals surface area contributed by atoms with Crippen molar-refractivity contribution in [3.63, 3.8) is 0 Å². The lowest BCUT2D eigenvalue weighted by Gasteiger charge is -2.00. The zero-order chi connectivity index (χ0) is 18.6. The topological polar surface area (TPSA) is 74.2 Å². The van der Waals surface area contributed by atoms with Crippen molar-refractivity contribution < 1.29 is 13.6 Å². The summed E-state index contributed by atoms with van der Waals surface area (Å²) < 4.78 is 16.5. The Kier molecular flexibility index (Phi) is 5.26. The fourth-order valence-electron chi connectivity index (χ4n) is 2.46. The van der Waals surface area contributed by atoms with Crippen LogP contribution in [0.2, 0.25) is 0 Å². The summed E-state index contributed by atoms with van der Waals surface area (Å²) in [4.78, 5) is 4.60. The van der Waals surface area contributed by atoms with Gasteiger partial charge in [-0.15, -0.1) is 21.5 Å². The van der Waals surface area contributed by atoms with Crippen molar-refractivity contribution in [3.8, 4) is 16.5 Å². The first-order valence-corrected chi connectivity index (χ1v) is 10.2. The number of nitrogens with zero attached hydrogens (tertiary/aromatic N) is 3. The van der Waals surface area contributed by atoms with E-state index in [4.69, 9.17) is 13.6 Å². The van der Waals surface area contributed by atoms with Gasteiger partial charge in [-0.3, -0.25) is 0 Å². The molecule has 8 heteroatoms. The lowest BCUT2D eigenvalue weighted by atomic mass is 10.1. The minimum atomic E-state index is 0.543. The van der Waals surface area contributed by atoms with Crippen LogP contribution < -0.4 is 4.74 Å². The van der Waals surface area contributed by atoms with E-state index in [1.807, 2.05) is 48.7 Å². The molecule has 4 aromatic rings. The Morgan fingerprint density at radius 2 is 1.93 bits per heavy atom. The van der Waals surface area contributed by atoms with Gasteiger partial charge in [0.05, 0.1) is 19.2 Å². The van der Waals surface area contributed by atoms with Crippen molar-refractivity contribution in [2.75, 3.05) is 7.11 Å². The van der Waals surface area contributed by atoms with Crippen LogP contribution in [0.1, 0.15) is 22.9 Å². The molecule has 27 heavy (non-hydrogen) atoms. The van der Waals surface area contributed by atoms with Gasteiger partial charge in [-0.2, -0.15) is 0 Å². The van der Waals surface area contributed by atoms with E-state index in [1.165, 1.54) is 11.8 Å². The minimum absolute atomic E-state index is 0.543. The molecule has 0 aliphatic carbocycles. The van der Waals surface area contributed by atoms with Crippen LogP contribution >= 0.6 is 23.1 Å². The largest absolute Gasteiger partial charge is 0.497 e. The highest BCUT2D eigenvalue weighted by Crippen LogP contribution is 2.28. The first kappa shape index (κ1) is 17.8. The van der Waals surface area contributed by atoms with Gasteiger partial charge in [0.2, 0.25) is 5.89 Å². The number of benzene rings is 1. The van der Waals surface area contributed by atoms with Gasteiger partial charge in [0.15, 0.2) is 10.8 Å². The zero-order valence-corrected chi connectivity index (χ0v) is 16.5. The van der Waals surface area contributed by atoms with Crippen molar-refractivity contribution >= 4 is 23.1 Å². The highest BCUT2D eigenvalue weighted by Gasteiger charge is 2.11. The fraction of sp³-hybridized carbons (Fsp3) is 0.211. The Hall–Kier alpha value is -2.58. The van der Waals surface area contributed by atoms with Crippen LogP contribution in [0.4, 0.5) is 0 Å². The van der Waals surface area contributed by atoms with Gasteiger partial charge >= 0.3 is 0 Å². The molecule has 3 heterocycles. The van der Waals surface area contributed by atoms with Crippen molar-refractivity contribution in [2.24, 2.45) is 0 Å². The Labute approximate surface area is 164 Å². The molecule has 3 aromatic heterocycles. The number of aromatic nitrogens is 3. The van der Waals surface area contributed by atoms with Gasteiger partial charge in [0.25, 0.3) is 5.22 Å². The average Bonchev–Trinajstić information content (AvgIpc) is 3.41. The van der Waals surface area contributed by atoms with E-state index >= 15 is 0 Å². The van der Waals surface area contributed by atoms with Crippen LogP contribution in [0.15, 0.2) is 55.8 Å². The van der Waals surface area contributed by atoms with E-state index in [9.17, 15) is 0 Å². The smallest absolute Gasteiger partial charge is 0.276 e. The minimum Gasteiger partial charge on any atom is -0.497 e. The zero-order valence-electron chi connectivity index (χ0n) is 14.8. The highest BCUT2D eigenvalue weighted by atomic mass is 32.2. The normalized spacial score (nSPS) is 11.0. The van der Waals surface area contributed by atoms with Crippen molar-refractivity contribution in [1.82, 2.24) is 15.2 Å². The Balaban J connectivity index is 1.34. The molecule has 0 N–H and O–H groups in total. The molecule has 1 aromatic carbocycles. The first-order valence-electron chi connectivity index (χ1n) is 8.29. The number of ether oxygens (including phenoxy) is 1. The summed E-state index contributed by atoms with van der Waals surface area (Å²) in [6.07, 6.45) is 0.594. The molecule has 0 bridgehead atoms. The summed E-state index contributed by atoms with van der Waals surface area (Å²) in [5.41, 5.74) is 2.05. The number of thioether (sulfide) groups is 1. The number of aryl methyl sites for hydroxylation is 1. The van der Waals surface area contributed by atoms with Crippen LogP contribution in [-0.2, 0) is 12.2 Å². The number of hydrogen-bond donors (Lipinski definition) is 0. The molecule has 0 atom stereocenters. The molecule has 138 valence electrons. The maximum absolute atomic E-state index is 5.73. The summed E-state index contributed by atoms with van der Waals surface area (Å²) in [7, 11) is 1.65. The lowest BCUT2D eigenvalue weighted by molar-refractivity contribution is 0.413. The van der Waals surface area contributed by atoms with Crippen molar-refractivity contribution in [1.29, 1.82) is 0 Å². The van der Waals surface area contributed by atoms with Gasteiger partial charge in [-0.1, -0.05) is 23.9 Å². The maximum atomic E-state index is 5.73. The third-order valence-electron chi connectivity index (χ3n) is 3.81. The number of furan rings is 1. The molecule has 0 aliphatic heterocycles. The van der Waals surface area contributed by atoms with E-state index in [0.717, 1.165) is 33.5 Å². The third kappa shape index (κ3) is 4.40. The fourth-order valence-corrected chi connectivity index (χ4v) is 4.02. The van der Waals surface area contributed by atoms with E-state index in [2.05, 4.69) is 15.2 Å². The van der Waals surface area contributed by atoms with E-state index in [-0.39, 0.29) is 0 Å². The second-order valence-electron chi connectivity index (χ2n) is 5.83. The quantitative estimate of drug-likeness (QED) is 0.405. The lowest BCUT2D eigenvalue weighted by Crippen LogP contribution is -1.89. The van der Waals surface area contributed by atoms with Crippen LogP contribution in [-0.4, -0.2) is 22.3 Å². The van der Waals surface area contributed by atoms with E-state index in [1.54, 1.807) is 18.4 Å². The molecule has 0 spiro atoms. The Morgan fingerprint density at radius 1 is 1.07 bits per heavy atom. The number of hydrogen-bond acceptors (Lipinski definition) is 8.